The van der Waals surface area contributed by atoms with Gasteiger partial charge < -0.3 is 5.11 Å². The highest BCUT2D eigenvalue weighted by atomic mass is 16.4. The zero-order valence-electron chi connectivity index (χ0n) is 8.79. The van der Waals surface area contributed by atoms with E-state index < -0.39 is 12.0 Å². The lowest BCUT2D eigenvalue weighted by Gasteiger charge is -2.10. The maximum Gasteiger partial charge on any atom is 0.335 e. The van der Waals surface area contributed by atoms with Gasteiger partial charge in [-0.15, -0.1) is 0 Å². The summed E-state index contributed by atoms with van der Waals surface area (Å²) in [6.07, 6.45) is 2.17. The van der Waals surface area contributed by atoms with Crippen LogP contribution in [0.2, 0.25) is 0 Å². The maximum absolute atomic E-state index is 11.0. The Morgan fingerprint density at radius 3 is 2.81 bits per heavy atom. The predicted molar refractivity (Wildman–Crippen MR) is 56.7 cm³/mol. The first kappa shape index (κ1) is 11.9. The van der Waals surface area contributed by atoms with Crippen molar-refractivity contribution >= 4 is 5.97 Å². The molecule has 5 heteroatoms. The smallest absolute Gasteiger partial charge is 0.335 e. The van der Waals surface area contributed by atoms with Gasteiger partial charge in [0.25, 0.3) is 0 Å². The summed E-state index contributed by atoms with van der Waals surface area (Å²) < 4.78 is 0. The highest BCUT2D eigenvalue weighted by Crippen LogP contribution is 2.22. The molecule has 0 aliphatic heterocycles. The van der Waals surface area contributed by atoms with Gasteiger partial charge in [0.15, 0.2) is 6.04 Å². The van der Waals surface area contributed by atoms with Gasteiger partial charge in [0.2, 0.25) is 6.19 Å². The summed E-state index contributed by atoms with van der Waals surface area (Å²) in [5.41, 5.74) is 1.48. The van der Waals surface area contributed by atoms with Crippen LogP contribution in [0.1, 0.15) is 24.1 Å². The Kier molecular flexibility index (Phi) is 4.16. The van der Waals surface area contributed by atoms with Crippen LogP contribution in [0.5, 0.6) is 0 Å². The molecule has 1 atom stereocenters. The van der Waals surface area contributed by atoms with Crippen LogP contribution in [0, 0.1) is 11.5 Å². The molecule has 0 saturated carbocycles. The zero-order chi connectivity index (χ0) is 12.0. The minimum Gasteiger partial charge on any atom is -0.479 e. The number of nitriles is 1. The fourth-order valence-electron chi connectivity index (χ4n) is 1.45. The topological polar surface area (TPSA) is 85.8 Å². The van der Waals surface area contributed by atoms with Crippen molar-refractivity contribution in [3.63, 3.8) is 0 Å². The molecular formula is C11H11N3O2. The molecule has 1 aromatic rings. The van der Waals surface area contributed by atoms with Gasteiger partial charge in [0.05, 0.1) is 0 Å². The van der Waals surface area contributed by atoms with Crippen LogP contribution >= 0.6 is 0 Å². The number of hydrogen-bond acceptors (Lipinski definition) is 4. The first-order valence-electron chi connectivity index (χ1n) is 4.80. The van der Waals surface area contributed by atoms with Crippen LogP contribution in [0.3, 0.4) is 0 Å². The molecule has 1 unspecified atom stereocenters. The number of carbonyl (C=O) groups is 1. The maximum atomic E-state index is 11.0. The van der Waals surface area contributed by atoms with Crippen molar-refractivity contribution < 1.29 is 9.90 Å². The molecule has 0 bridgehead atoms. The fourth-order valence-corrected chi connectivity index (χ4v) is 1.45. The number of carboxylic acid groups (broad SMARTS) is 1. The second-order valence-electron chi connectivity index (χ2n) is 3.11. The van der Waals surface area contributed by atoms with Gasteiger partial charge in [-0.2, -0.15) is 10.4 Å². The molecule has 0 aliphatic rings. The third kappa shape index (κ3) is 2.64. The molecule has 0 spiro atoms. The first-order chi connectivity index (χ1) is 7.70. The average molecular weight is 217 g/mol. The van der Waals surface area contributed by atoms with Crippen molar-refractivity contribution in [2.24, 2.45) is 10.2 Å². The number of azo groups is 1. The van der Waals surface area contributed by atoms with E-state index in [-0.39, 0.29) is 0 Å². The normalized spacial score (nSPS) is 12.2. The molecule has 0 fully saturated rings. The van der Waals surface area contributed by atoms with Crippen LogP contribution in [0.15, 0.2) is 34.5 Å². The summed E-state index contributed by atoms with van der Waals surface area (Å²) >= 11 is 0. The Morgan fingerprint density at radius 1 is 1.56 bits per heavy atom. The van der Waals surface area contributed by atoms with E-state index in [2.05, 4.69) is 10.2 Å². The van der Waals surface area contributed by atoms with Gasteiger partial charge >= 0.3 is 5.97 Å². The van der Waals surface area contributed by atoms with Crippen LogP contribution < -0.4 is 0 Å². The van der Waals surface area contributed by atoms with E-state index in [1.54, 1.807) is 12.1 Å². The van der Waals surface area contributed by atoms with Crippen LogP contribution in [0.4, 0.5) is 0 Å². The predicted octanol–water partition coefficient (Wildman–Crippen LogP) is 2.31. The monoisotopic (exact) mass is 217 g/mol. The quantitative estimate of drug-likeness (QED) is 0.620. The summed E-state index contributed by atoms with van der Waals surface area (Å²) in [4.78, 5) is 11.0. The van der Waals surface area contributed by atoms with Crippen LogP contribution in [0.25, 0.3) is 0 Å². The Bertz CT molecular complexity index is 449. The Hall–Kier alpha value is -2.22. The van der Waals surface area contributed by atoms with Gasteiger partial charge in [0, 0.05) is 0 Å². The minimum absolute atomic E-state index is 0.580. The molecular weight excluding hydrogens is 206 g/mol. The molecule has 0 amide bonds. The van der Waals surface area contributed by atoms with Gasteiger partial charge in [-0.25, -0.2) is 4.79 Å². The van der Waals surface area contributed by atoms with E-state index in [4.69, 9.17) is 10.4 Å². The summed E-state index contributed by atoms with van der Waals surface area (Å²) in [5, 5.41) is 23.9. The summed E-state index contributed by atoms with van der Waals surface area (Å²) in [5.74, 6) is -1.11. The molecule has 1 aromatic carbocycles. The van der Waals surface area contributed by atoms with Crippen LogP contribution in [-0.2, 0) is 11.2 Å². The Balaban J connectivity index is 3.16. The third-order valence-corrected chi connectivity index (χ3v) is 2.18. The summed E-state index contributed by atoms with van der Waals surface area (Å²) in [6, 6.07) is 6.01. The van der Waals surface area contributed by atoms with Gasteiger partial charge in [-0.3, -0.25) is 0 Å². The molecule has 16 heavy (non-hydrogen) atoms. The molecule has 1 N–H and O–H groups in total. The molecule has 0 aromatic heterocycles. The van der Waals surface area contributed by atoms with E-state index in [9.17, 15) is 4.79 Å². The molecule has 0 aliphatic carbocycles. The number of nitrogens with zero attached hydrogens (tertiary/aromatic N) is 3. The highest BCUT2D eigenvalue weighted by molar-refractivity contribution is 5.76. The second-order valence-corrected chi connectivity index (χ2v) is 3.11. The lowest BCUT2D eigenvalue weighted by Crippen LogP contribution is -2.10. The number of rotatable bonds is 4. The van der Waals surface area contributed by atoms with E-state index in [1.165, 1.54) is 6.19 Å². The third-order valence-electron chi connectivity index (χ3n) is 2.18. The number of carboxylic acids is 1. The van der Waals surface area contributed by atoms with E-state index in [1.807, 2.05) is 19.1 Å². The molecule has 0 saturated heterocycles. The van der Waals surface area contributed by atoms with Gasteiger partial charge in [-0.1, -0.05) is 36.3 Å². The average Bonchev–Trinajstić information content (AvgIpc) is 2.29. The van der Waals surface area contributed by atoms with Crippen molar-refractivity contribution in [2.45, 2.75) is 19.4 Å². The Labute approximate surface area is 93.1 Å². The first-order valence-corrected chi connectivity index (χ1v) is 4.80. The molecule has 1 rings (SSSR count). The van der Waals surface area contributed by atoms with E-state index in [0.717, 1.165) is 5.56 Å². The largest absolute Gasteiger partial charge is 0.479 e. The fraction of sp³-hybridized carbons (Fsp3) is 0.273. The SMILES string of the molecule is CCc1ccccc1C(/N=N/C#N)C(=O)O. The summed E-state index contributed by atoms with van der Waals surface area (Å²) in [7, 11) is 0. The van der Waals surface area contributed by atoms with Crippen LogP contribution in [-0.4, -0.2) is 11.1 Å². The van der Waals surface area contributed by atoms with E-state index >= 15 is 0 Å². The van der Waals surface area contributed by atoms with Crippen molar-refractivity contribution in [3.05, 3.63) is 35.4 Å². The molecule has 5 nitrogen and oxygen atoms in total. The standard InChI is InChI=1S/C11H11N3O2/c1-2-8-5-3-4-6-9(8)10(11(15)16)14-13-7-12/h3-6,10H,2H2,1H3,(H,15,16)/b14-13+. The van der Waals surface area contributed by atoms with Crippen molar-refractivity contribution in [3.8, 4) is 6.19 Å². The number of benzene rings is 1. The minimum atomic E-state index is -1.11. The number of aliphatic carboxylic acids is 1. The lowest BCUT2D eigenvalue weighted by molar-refractivity contribution is -0.138. The number of aryl methyl sites for hydroxylation is 1. The lowest BCUT2D eigenvalue weighted by atomic mass is 9.99. The highest BCUT2D eigenvalue weighted by Gasteiger charge is 2.21. The number of hydrogen-bond donors (Lipinski definition) is 1. The second kappa shape index (κ2) is 5.61. The molecule has 82 valence electrons. The van der Waals surface area contributed by atoms with E-state index in [0.29, 0.717) is 12.0 Å². The van der Waals surface area contributed by atoms with Gasteiger partial charge in [-0.05, 0) is 17.5 Å². The summed E-state index contributed by atoms with van der Waals surface area (Å²) in [6.45, 7) is 1.93. The van der Waals surface area contributed by atoms with Crippen molar-refractivity contribution in [1.29, 1.82) is 5.26 Å². The van der Waals surface area contributed by atoms with Crippen molar-refractivity contribution in [2.75, 3.05) is 0 Å². The zero-order valence-corrected chi connectivity index (χ0v) is 8.79. The molecule has 0 radical (unpaired) electrons. The molecule has 0 heterocycles. The van der Waals surface area contributed by atoms with Crippen molar-refractivity contribution in [1.82, 2.24) is 0 Å². The Morgan fingerprint density at radius 2 is 2.25 bits per heavy atom. The van der Waals surface area contributed by atoms with Gasteiger partial charge in [0.1, 0.15) is 0 Å².